The number of anilines is 1. The second kappa shape index (κ2) is 7.74. The van der Waals surface area contributed by atoms with Gasteiger partial charge < -0.3 is 10.1 Å². The molecular formula is C16H19NOS. The van der Waals surface area contributed by atoms with E-state index in [-0.39, 0.29) is 0 Å². The standard InChI is InChI=1S/C16H19NOS/c1-18-15-9-5-10-16(13-15)19-12-6-11-17-14-7-3-2-4-8-14/h2-5,7-10,13,17H,6,11-12H2,1H3. The number of para-hydroxylation sites is 1. The van der Waals surface area contributed by atoms with Gasteiger partial charge in [0.25, 0.3) is 0 Å². The largest absolute Gasteiger partial charge is 0.497 e. The maximum absolute atomic E-state index is 5.21. The first kappa shape index (κ1) is 13.8. The topological polar surface area (TPSA) is 21.3 Å². The first-order valence-corrected chi connectivity index (χ1v) is 7.43. The van der Waals surface area contributed by atoms with Crippen molar-refractivity contribution >= 4 is 17.4 Å². The molecule has 0 saturated carbocycles. The summed E-state index contributed by atoms with van der Waals surface area (Å²) in [5.41, 5.74) is 1.19. The van der Waals surface area contributed by atoms with Crippen LogP contribution in [-0.4, -0.2) is 19.4 Å². The Labute approximate surface area is 119 Å². The third-order valence-electron chi connectivity index (χ3n) is 2.73. The number of thioether (sulfide) groups is 1. The minimum Gasteiger partial charge on any atom is -0.497 e. The molecule has 0 atom stereocenters. The van der Waals surface area contributed by atoms with Gasteiger partial charge in [-0.15, -0.1) is 11.8 Å². The molecule has 2 aromatic carbocycles. The van der Waals surface area contributed by atoms with Crippen LogP contribution in [0.5, 0.6) is 5.75 Å². The molecule has 2 nitrogen and oxygen atoms in total. The van der Waals surface area contributed by atoms with Gasteiger partial charge in [-0.05, 0) is 42.5 Å². The maximum atomic E-state index is 5.21. The van der Waals surface area contributed by atoms with Crippen molar-refractivity contribution in [1.82, 2.24) is 0 Å². The lowest BCUT2D eigenvalue weighted by atomic mass is 10.3. The summed E-state index contributed by atoms with van der Waals surface area (Å²) in [6, 6.07) is 18.5. The van der Waals surface area contributed by atoms with Gasteiger partial charge in [0.1, 0.15) is 5.75 Å². The smallest absolute Gasteiger partial charge is 0.119 e. The third kappa shape index (κ3) is 4.87. The van der Waals surface area contributed by atoms with Crippen molar-refractivity contribution in [3.63, 3.8) is 0 Å². The van der Waals surface area contributed by atoms with Gasteiger partial charge in [-0.2, -0.15) is 0 Å². The lowest BCUT2D eigenvalue weighted by molar-refractivity contribution is 0.413. The molecule has 1 N–H and O–H groups in total. The Morgan fingerprint density at radius 3 is 2.68 bits per heavy atom. The van der Waals surface area contributed by atoms with Crippen molar-refractivity contribution in [2.45, 2.75) is 11.3 Å². The van der Waals surface area contributed by atoms with E-state index in [0.717, 1.165) is 24.5 Å². The van der Waals surface area contributed by atoms with E-state index in [1.165, 1.54) is 10.6 Å². The molecule has 0 bridgehead atoms. The molecule has 0 heterocycles. The Balaban J connectivity index is 1.66. The molecule has 19 heavy (non-hydrogen) atoms. The SMILES string of the molecule is COc1cccc(SCCCNc2ccccc2)c1. The van der Waals surface area contributed by atoms with E-state index in [1.807, 2.05) is 42.1 Å². The number of nitrogens with one attached hydrogen (secondary N) is 1. The molecule has 0 aliphatic heterocycles. The molecule has 100 valence electrons. The van der Waals surface area contributed by atoms with Crippen LogP contribution in [0.2, 0.25) is 0 Å². The molecule has 0 aliphatic carbocycles. The quantitative estimate of drug-likeness (QED) is 0.600. The number of methoxy groups -OCH3 is 1. The summed E-state index contributed by atoms with van der Waals surface area (Å²) >= 11 is 1.87. The van der Waals surface area contributed by atoms with Gasteiger partial charge in [0.05, 0.1) is 7.11 Å². The van der Waals surface area contributed by atoms with Crippen LogP contribution in [0.25, 0.3) is 0 Å². The third-order valence-corrected chi connectivity index (χ3v) is 3.81. The van der Waals surface area contributed by atoms with Crippen LogP contribution in [0.4, 0.5) is 5.69 Å². The number of ether oxygens (including phenoxy) is 1. The predicted molar refractivity (Wildman–Crippen MR) is 83.3 cm³/mol. The van der Waals surface area contributed by atoms with Gasteiger partial charge in [0, 0.05) is 17.1 Å². The second-order valence-electron chi connectivity index (χ2n) is 4.17. The van der Waals surface area contributed by atoms with E-state index >= 15 is 0 Å². The van der Waals surface area contributed by atoms with Gasteiger partial charge in [-0.3, -0.25) is 0 Å². The number of benzene rings is 2. The fraction of sp³-hybridized carbons (Fsp3) is 0.250. The lowest BCUT2D eigenvalue weighted by Gasteiger charge is -2.06. The fourth-order valence-electron chi connectivity index (χ4n) is 1.74. The summed E-state index contributed by atoms with van der Waals surface area (Å²) in [5, 5.41) is 3.42. The van der Waals surface area contributed by atoms with Gasteiger partial charge >= 0.3 is 0 Å². The van der Waals surface area contributed by atoms with Crippen molar-refractivity contribution in [3.05, 3.63) is 54.6 Å². The minimum atomic E-state index is 0.924. The molecule has 0 fully saturated rings. The van der Waals surface area contributed by atoms with Crippen molar-refractivity contribution in [3.8, 4) is 5.75 Å². The number of hydrogen-bond donors (Lipinski definition) is 1. The van der Waals surface area contributed by atoms with Gasteiger partial charge in [-0.25, -0.2) is 0 Å². The molecule has 0 aliphatic rings. The van der Waals surface area contributed by atoms with Crippen molar-refractivity contribution in [1.29, 1.82) is 0 Å². The second-order valence-corrected chi connectivity index (χ2v) is 5.34. The summed E-state index contributed by atoms with van der Waals surface area (Å²) in [6.45, 7) is 1.00. The summed E-state index contributed by atoms with van der Waals surface area (Å²) in [4.78, 5) is 1.26. The predicted octanol–water partition coefficient (Wildman–Crippen LogP) is 4.29. The van der Waals surface area contributed by atoms with Crippen LogP contribution in [0, 0.1) is 0 Å². The molecule has 3 heteroatoms. The Morgan fingerprint density at radius 2 is 1.89 bits per heavy atom. The molecule has 2 aromatic rings. The summed E-state index contributed by atoms with van der Waals surface area (Å²) < 4.78 is 5.21. The summed E-state index contributed by atoms with van der Waals surface area (Å²) in [5.74, 6) is 2.03. The van der Waals surface area contributed by atoms with Crippen LogP contribution in [0.3, 0.4) is 0 Å². The molecule has 0 amide bonds. The highest BCUT2D eigenvalue weighted by atomic mass is 32.2. The molecule has 0 unspecified atom stereocenters. The first-order chi connectivity index (χ1) is 9.38. The highest BCUT2D eigenvalue weighted by Gasteiger charge is 1.97. The van der Waals surface area contributed by atoms with Crippen LogP contribution < -0.4 is 10.1 Å². The molecule has 0 saturated heterocycles. The van der Waals surface area contributed by atoms with E-state index in [4.69, 9.17) is 4.74 Å². The Bertz CT molecular complexity index is 487. The van der Waals surface area contributed by atoms with Crippen LogP contribution >= 0.6 is 11.8 Å². The van der Waals surface area contributed by atoms with Crippen molar-refractivity contribution in [2.24, 2.45) is 0 Å². The van der Waals surface area contributed by atoms with Crippen LogP contribution in [0.1, 0.15) is 6.42 Å². The zero-order valence-electron chi connectivity index (χ0n) is 11.1. The monoisotopic (exact) mass is 273 g/mol. The molecule has 0 spiro atoms. The van der Waals surface area contributed by atoms with E-state index in [0.29, 0.717) is 0 Å². The maximum Gasteiger partial charge on any atom is 0.119 e. The highest BCUT2D eigenvalue weighted by Crippen LogP contribution is 2.23. The van der Waals surface area contributed by atoms with Gasteiger partial charge in [0.2, 0.25) is 0 Å². The molecule has 0 aromatic heterocycles. The summed E-state index contributed by atoms with van der Waals surface area (Å²) in [7, 11) is 1.70. The molecule has 2 rings (SSSR count). The van der Waals surface area contributed by atoms with Crippen LogP contribution in [0.15, 0.2) is 59.5 Å². The van der Waals surface area contributed by atoms with Crippen LogP contribution in [-0.2, 0) is 0 Å². The van der Waals surface area contributed by atoms with Gasteiger partial charge in [-0.1, -0.05) is 24.3 Å². The van der Waals surface area contributed by atoms with Crippen molar-refractivity contribution in [2.75, 3.05) is 24.7 Å². The fourth-order valence-corrected chi connectivity index (χ4v) is 2.64. The average Bonchev–Trinajstić information content (AvgIpc) is 2.48. The molecular weight excluding hydrogens is 254 g/mol. The Morgan fingerprint density at radius 1 is 1.05 bits per heavy atom. The number of rotatable bonds is 7. The lowest BCUT2D eigenvalue weighted by Crippen LogP contribution is -2.02. The van der Waals surface area contributed by atoms with E-state index in [1.54, 1.807) is 7.11 Å². The summed E-state index contributed by atoms with van der Waals surface area (Å²) in [6.07, 6.45) is 1.14. The molecule has 0 radical (unpaired) electrons. The Kier molecular flexibility index (Phi) is 5.63. The first-order valence-electron chi connectivity index (χ1n) is 6.44. The highest BCUT2D eigenvalue weighted by molar-refractivity contribution is 7.99. The minimum absolute atomic E-state index is 0.924. The zero-order valence-corrected chi connectivity index (χ0v) is 12.0. The van der Waals surface area contributed by atoms with E-state index < -0.39 is 0 Å². The van der Waals surface area contributed by atoms with E-state index in [2.05, 4.69) is 29.6 Å². The van der Waals surface area contributed by atoms with Gasteiger partial charge in [0.15, 0.2) is 0 Å². The number of hydrogen-bond acceptors (Lipinski definition) is 3. The average molecular weight is 273 g/mol. The van der Waals surface area contributed by atoms with E-state index in [9.17, 15) is 0 Å². The van der Waals surface area contributed by atoms with Crippen molar-refractivity contribution < 1.29 is 4.74 Å². The zero-order chi connectivity index (χ0) is 13.3. The normalized spacial score (nSPS) is 10.2. The Hall–Kier alpha value is -1.61.